The topological polar surface area (TPSA) is 80.3 Å². The van der Waals surface area contributed by atoms with Crippen LogP contribution in [0.1, 0.15) is 29.8 Å². The first-order chi connectivity index (χ1) is 13.9. The second-order valence-corrected chi connectivity index (χ2v) is 6.54. The van der Waals surface area contributed by atoms with Crippen LogP contribution >= 0.6 is 0 Å². The highest BCUT2D eigenvalue weighted by Gasteiger charge is 2.28. The number of hydrogen-bond acceptors (Lipinski definition) is 7. The van der Waals surface area contributed by atoms with Crippen molar-refractivity contribution in [3.63, 3.8) is 0 Å². The summed E-state index contributed by atoms with van der Waals surface area (Å²) in [6, 6.07) is 10.1. The molecule has 0 atom stereocenters. The van der Waals surface area contributed by atoms with Crippen molar-refractivity contribution in [3.05, 3.63) is 53.3 Å². The number of carbonyl (C=O) groups excluding carboxylic acids is 2. The molecule has 0 aliphatic carbocycles. The van der Waals surface area contributed by atoms with Crippen molar-refractivity contribution in [1.29, 1.82) is 0 Å². The molecule has 2 aromatic carbocycles. The molecule has 0 aromatic heterocycles. The van der Waals surface area contributed by atoms with Gasteiger partial charge in [-0.25, -0.2) is 4.79 Å². The Morgan fingerprint density at radius 3 is 2.52 bits per heavy atom. The predicted molar refractivity (Wildman–Crippen MR) is 106 cm³/mol. The Morgan fingerprint density at radius 2 is 1.83 bits per heavy atom. The second kappa shape index (κ2) is 8.68. The van der Waals surface area contributed by atoms with Gasteiger partial charge in [0.2, 0.25) is 5.78 Å². The summed E-state index contributed by atoms with van der Waals surface area (Å²) in [7, 11) is 3.10. The first-order valence-corrected chi connectivity index (χ1v) is 9.04. The van der Waals surface area contributed by atoms with E-state index in [1.54, 1.807) is 70.5 Å². The third kappa shape index (κ3) is 4.68. The van der Waals surface area contributed by atoms with Crippen molar-refractivity contribution in [2.75, 3.05) is 20.8 Å². The maximum atomic E-state index is 12.6. The summed E-state index contributed by atoms with van der Waals surface area (Å²) in [6.07, 6.45) is 1.42. The number of hydrogen-bond donors (Lipinski definition) is 0. The lowest BCUT2D eigenvalue weighted by atomic mass is 10.1. The minimum atomic E-state index is -0.466. The van der Waals surface area contributed by atoms with Crippen LogP contribution in [-0.2, 0) is 9.53 Å². The molecule has 0 spiro atoms. The van der Waals surface area contributed by atoms with Crippen LogP contribution in [-0.4, -0.2) is 38.7 Å². The molecule has 7 nitrogen and oxygen atoms in total. The van der Waals surface area contributed by atoms with E-state index in [-0.39, 0.29) is 24.3 Å². The van der Waals surface area contributed by atoms with E-state index in [2.05, 4.69) is 0 Å². The van der Waals surface area contributed by atoms with Gasteiger partial charge in [-0.1, -0.05) is 6.07 Å². The van der Waals surface area contributed by atoms with Crippen molar-refractivity contribution < 1.29 is 33.3 Å². The fraction of sp³-hybridized carbons (Fsp3) is 0.273. The van der Waals surface area contributed by atoms with Crippen LogP contribution in [0.5, 0.6) is 23.0 Å². The first-order valence-electron chi connectivity index (χ1n) is 9.04. The molecule has 0 fully saturated rings. The van der Waals surface area contributed by atoms with Crippen molar-refractivity contribution in [3.8, 4) is 23.0 Å². The zero-order valence-corrected chi connectivity index (χ0v) is 16.7. The number of ether oxygens (including phenoxy) is 5. The summed E-state index contributed by atoms with van der Waals surface area (Å²) < 4.78 is 26.7. The lowest BCUT2D eigenvalue weighted by Crippen LogP contribution is -2.18. The molecule has 152 valence electrons. The number of methoxy groups -OCH3 is 2. The molecule has 0 saturated carbocycles. The number of allylic oxidation sites excluding steroid dienone is 1. The number of esters is 1. The number of benzene rings is 2. The number of carbonyl (C=O) groups is 2. The van der Waals surface area contributed by atoms with Gasteiger partial charge in [0.1, 0.15) is 11.5 Å². The molecule has 1 aliphatic heterocycles. The van der Waals surface area contributed by atoms with Gasteiger partial charge < -0.3 is 23.7 Å². The minimum Gasteiger partial charge on any atom is -0.493 e. The zero-order chi connectivity index (χ0) is 21.0. The maximum absolute atomic E-state index is 12.6. The van der Waals surface area contributed by atoms with Crippen LogP contribution in [0.3, 0.4) is 0 Å². The third-order valence-corrected chi connectivity index (χ3v) is 4.07. The second-order valence-electron chi connectivity index (χ2n) is 6.54. The molecule has 0 unspecified atom stereocenters. The predicted octanol–water partition coefficient (Wildman–Crippen LogP) is 3.65. The molecular weight excluding hydrogens is 376 g/mol. The average molecular weight is 398 g/mol. The number of fused-ring (bicyclic) bond motifs is 1. The highest BCUT2D eigenvalue weighted by atomic mass is 16.6. The highest BCUT2D eigenvalue weighted by Crippen LogP contribution is 2.36. The average Bonchev–Trinajstić information content (AvgIpc) is 3.00. The quantitative estimate of drug-likeness (QED) is 0.520. The van der Waals surface area contributed by atoms with Crippen LogP contribution < -0.4 is 18.9 Å². The van der Waals surface area contributed by atoms with Gasteiger partial charge in [-0.3, -0.25) is 4.79 Å². The molecule has 1 aliphatic rings. The van der Waals surface area contributed by atoms with E-state index < -0.39 is 5.97 Å². The summed E-state index contributed by atoms with van der Waals surface area (Å²) in [6.45, 7) is 3.30. The summed E-state index contributed by atoms with van der Waals surface area (Å²) in [5.74, 6) is 1.40. The van der Waals surface area contributed by atoms with Gasteiger partial charge >= 0.3 is 5.97 Å². The van der Waals surface area contributed by atoms with Gasteiger partial charge in [0, 0.05) is 6.07 Å². The van der Waals surface area contributed by atoms with Crippen LogP contribution in [0, 0.1) is 0 Å². The van der Waals surface area contributed by atoms with Crippen LogP contribution in [0.25, 0.3) is 6.08 Å². The molecule has 0 radical (unpaired) electrons. The van der Waals surface area contributed by atoms with Crippen molar-refractivity contribution in [2.45, 2.75) is 20.0 Å². The number of rotatable bonds is 7. The van der Waals surface area contributed by atoms with E-state index in [0.29, 0.717) is 28.6 Å². The van der Waals surface area contributed by atoms with Crippen LogP contribution in [0.4, 0.5) is 0 Å². The lowest BCUT2D eigenvalue weighted by molar-refractivity contribution is -0.149. The van der Waals surface area contributed by atoms with E-state index in [4.69, 9.17) is 23.7 Å². The molecular formula is C22H22O7. The van der Waals surface area contributed by atoms with Crippen molar-refractivity contribution >= 4 is 17.8 Å². The third-order valence-electron chi connectivity index (χ3n) is 4.07. The summed E-state index contributed by atoms with van der Waals surface area (Å²) in [5.41, 5.74) is 1.15. The number of Topliss-reactive ketones (excluding diaryl/α,β-unsaturated/α-hetero) is 1. The van der Waals surface area contributed by atoms with E-state index in [1.165, 1.54) is 0 Å². The first kappa shape index (κ1) is 20.3. The summed E-state index contributed by atoms with van der Waals surface area (Å²) in [5, 5.41) is 0. The van der Waals surface area contributed by atoms with Gasteiger partial charge in [0.15, 0.2) is 23.9 Å². The molecule has 0 bridgehead atoms. The van der Waals surface area contributed by atoms with E-state index >= 15 is 0 Å². The molecule has 0 N–H and O–H groups in total. The Hall–Kier alpha value is -3.48. The zero-order valence-electron chi connectivity index (χ0n) is 16.7. The molecule has 7 heteroatoms. The smallest absolute Gasteiger partial charge is 0.344 e. The molecule has 0 amide bonds. The highest BCUT2D eigenvalue weighted by molar-refractivity contribution is 6.14. The maximum Gasteiger partial charge on any atom is 0.344 e. The summed E-state index contributed by atoms with van der Waals surface area (Å²) in [4.78, 5) is 24.2. The van der Waals surface area contributed by atoms with E-state index in [9.17, 15) is 9.59 Å². The van der Waals surface area contributed by atoms with E-state index in [1.807, 2.05) is 0 Å². The minimum absolute atomic E-state index is 0.184. The standard InChI is InChI=1S/C22H22O7/c1-13(2)28-21(23)12-27-15-6-7-16-18(11-15)29-20(22(16)24)10-14-5-8-17(25-3)19(9-14)26-4/h5-11,13H,12H2,1-4H3. The van der Waals surface area contributed by atoms with E-state index in [0.717, 1.165) is 5.56 Å². The van der Waals surface area contributed by atoms with Gasteiger partial charge in [0.05, 0.1) is 25.9 Å². The fourth-order valence-corrected chi connectivity index (χ4v) is 2.79. The Bertz CT molecular complexity index is 960. The Kier molecular flexibility index (Phi) is 6.07. The van der Waals surface area contributed by atoms with Crippen molar-refractivity contribution in [1.82, 2.24) is 0 Å². The van der Waals surface area contributed by atoms with Crippen molar-refractivity contribution in [2.24, 2.45) is 0 Å². The Morgan fingerprint density at radius 1 is 1.07 bits per heavy atom. The lowest BCUT2D eigenvalue weighted by Gasteiger charge is -2.09. The monoisotopic (exact) mass is 398 g/mol. The fourth-order valence-electron chi connectivity index (χ4n) is 2.79. The van der Waals surface area contributed by atoms with Gasteiger partial charge in [-0.2, -0.15) is 0 Å². The molecule has 0 saturated heterocycles. The Labute approximate surface area is 168 Å². The SMILES string of the molecule is COc1ccc(C=C2Oc3cc(OCC(=O)OC(C)C)ccc3C2=O)cc1OC. The molecule has 3 rings (SSSR count). The summed E-state index contributed by atoms with van der Waals surface area (Å²) >= 11 is 0. The molecule has 29 heavy (non-hydrogen) atoms. The van der Waals surface area contributed by atoms with Gasteiger partial charge in [0.25, 0.3) is 0 Å². The Balaban J connectivity index is 1.75. The normalized spacial score (nSPS) is 13.8. The number of ketones is 1. The van der Waals surface area contributed by atoms with Crippen LogP contribution in [0.2, 0.25) is 0 Å². The van der Waals surface area contributed by atoms with Crippen LogP contribution in [0.15, 0.2) is 42.2 Å². The van der Waals surface area contributed by atoms with Gasteiger partial charge in [-0.05, 0) is 49.8 Å². The van der Waals surface area contributed by atoms with Gasteiger partial charge in [-0.15, -0.1) is 0 Å². The molecule has 1 heterocycles. The largest absolute Gasteiger partial charge is 0.493 e. The molecule has 2 aromatic rings.